The summed E-state index contributed by atoms with van der Waals surface area (Å²) in [6.45, 7) is 5.93. The van der Waals surface area contributed by atoms with E-state index in [9.17, 15) is 5.11 Å². The number of hydrogen-bond donors (Lipinski definition) is 3. The Balaban J connectivity index is 3.36. The molecule has 3 heteroatoms. The van der Waals surface area contributed by atoms with E-state index in [0.29, 0.717) is 5.56 Å². The number of hydrogen-bond acceptors (Lipinski definition) is 3. The van der Waals surface area contributed by atoms with Gasteiger partial charge in [0.2, 0.25) is 0 Å². The van der Waals surface area contributed by atoms with Gasteiger partial charge in [0.25, 0.3) is 0 Å². The lowest BCUT2D eigenvalue weighted by Gasteiger charge is -2.20. The fourth-order valence-corrected chi connectivity index (χ4v) is 1.94. The first-order chi connectivity index (χ1) is 7.52. The molecule has 0 radical (unpaired) electrons. The first kappa shape index (κ1) is 13.0. The van der Waals surface area contributed by atoms with Gasteiger partial charge >= 0.3 is 0 Å². The predicted molar refractivity (Wildman–Crippen MR) is 65.6 cm³/mol. The van der Waals surface area contributed by atoms with Crippen LogP contribution in [0.4, 0.5) is 0 Å². The molecule has 0 spiro atoms. The molecule has 0 bridgehead atoms. The third-order valence-electron chi connectivity index (χ3n) is 2.90. The molecule has 4 N–H and O–H groups in total. The van der Waals surface area contributed by atoms with Crippen LogP contribution in [0, 0.1) is 0 Å². The Morgan fingerprint density at radius 1 is 1.31 bits per heavy atom. The molecule has 1 aromatic carbocycles. The summed E-state index contributed by atoms with van der Waals surface area (Å²) in [5, 5.41) is 19.3. The summed E-state index contributed by atoms with van der Waals surface area (Å²) < 4.78 is 0. The molecular formula is C13H21NO2. The highest BCUT2D eigenvalue weighted by molar-refractivity contribution is 5.48. The number of nitrogens with two attached hydrogens (primary N) is 1. The van der Waals surface area contributed by atoms with Gasteiger partial charge in [0.1, 0.15) is 5.75 Å². The van der Waals surface area contributed by atoms with E-state index >= 15 is 0 Å². The van der Waals surface area contributed by atoms with Crippen LogP contribution in [0.15, 0.2) is 12.1 Å². The van der Waals surface area contributed by atoms with E-state index in [1.165, 1.54) is 0 Å². The fourth-order valence-electron chi connectivity index (χ4n) is 1.94. The molecule has 0 amide bonds. The van der Waals surface area contributed by atoms with E-state index in [1.54, 1.807) is 0 Å². The normalized spacial score (nSPS) is 13.1. The minimum atomic E-state index is -0.510. The van der Waals surface area contributed by atoms with Crippen LogP contribution >= 0.6 is 0 Å². The number of phenols is 1. The van der Waals surface area contributed by atoms with E-state index in [4.69, 9.17) is 10.8 Å². The van der Waals surface area contributed by atoms with Gasteiger partial charge in [-0.1, -0.05) is 32.9 Å². The van der Waals surface area contributed by atoms with Gasteiger partial charge in [0.15, 0.2) is 0 Å². The number of phenolic OH excluding ortho intramolecular Hbond substituents is 1. The Hall–Kier alpha value is -1.06. The third kappa shape index (κ3) is 2.36. The van der Waals surface area contributed by atoms with E-state index in [0.717, 1.165) is 17.5 Å². The van der Waals surface area contributed by atoms with Crippen LogP contribution in [0.1, 0.15) is 49.4 Å². The molecule has 0 aliphatic carbocycles. The van der Waals surface area contributed by atoms with Crippen LogP contribution in [0.5, 0.6) is 5.75 Å². The van der Waals surface area contributed by atoms with Crippen molar-refractivity contribution >= 4 is 0 Å². The van der Waals surface area contributed by atoms with Crippen molar-refractivity contribution < 1.29 is 10.2 Å². The van der Waals surface area contributed by atoms with Crippen LogP contribution in [0.3, 0.4) is 0 Å². The molecule has 0 aromatic heterocycles. The van der Waals surface area contributed by atoms with Crippen molar-refractivity contribution in [3.63, 3.8) is 0 Å². The van der Waals surface area contributed by atoms with E-state index in [2.05, 4.69) is 0 Å². The zero-order valence-corrected chi connectivity index (χ0v) is 10.2. The van der Waals surface area contributed by atoms with Crippen LogP contribution in [0.25, 0.3) is 0 Å². The maximum Gasteiger partial charge on any atom is 0.123 e. The fraction of sp³-hybridized carbons (Fsp3) is 0.538. The predicted octanol–water partition coefficient (Wildman–Crippen LogP) is 2.07. The number of aryl methyl sites for hydroxylation is 1. The average molecular weight is 223 g/mol. The molecule has 0 aliphatic heterocycles. The lowest BCUT2D eigenvalue weighted by atomic mass is 9.90. The molecule has 0 heterocycles. The molecule has 16 heavy (non-hydrogen) atoms. The molecule has 1 aromatic rings. The molecule has 1 unspecified atom stereocenters. The highest BCUT2D eigenvalue weighted by atomic mass is 16.3. The molecular weight excluding hydrogens is 202 g/mol. The Labute approximate surface area is 96.9 Å². The Morgan fingerprint density at radius 2 is 1.94 bits per heavy atom. The van der Waals surface area contributed by atoms with Crippen molar-refractivity contribution in [3.05, 3.63) is 28.8 Å². The molecule has 0 aliphatic rings. The first-order valence-electron chi connectivity index (χ1n) is 5.73. The van der Waals surface area contributed by atoms with Crippen molar-refractivity contribution in [2.75, 3.05) is 6.61 Å². The highest BCUT2D eigenvalue weighted by Gasteiger charge is 2.19. The Bertz CT molecular complexity index is 361. The van der Waals surface area contributed by atoms with Gasteiger partial charge in [0, 0.05) is 5.56 Å². The van der Waals surface area contributed by atoms with Crippen LogP contribution in [0.2, 0.25) is 0 Å². The molecule has 3 nitrogen and oxygen atoms in total. The third-order valence-corrected chi connectivity index (χ3v) is 2.90. The zero-order valence-electron chi connectivity index (χ0n) is 10.2. The van der Waals surface area contributed by atoms with Crippen molar-refractivity contribution in [2.24, 2.45) is 5.73 Å². The number of benzene rings is 1. The Kier molecular flexibility index (Phi) is 4.33. The Morgan fingerprint density at radius 3 is 2.38 bits per heavy atom. The van der Waals surface area contributed by atoms with Crippen molar-refractivity contribution in [1.82, 2.24) is 0 Å². The monoisotopic (exact) mass is 223 g/mol. The summed E-state index contributed by atoms with van der Waals surface area (Å²) in [5.41, 5.74) is 8.43. The van der Waals surface area contributed by atoms with E-state index < -0.39 is 6.04 Å². The second-order valence-corrected chi connectivity index (χ2v) is 4.37. The van der Waals surface area contributed by atoms with Gasteiger partial charge in [-0.15, -0.1) is 0 Å². The van der Waals surface area contributed by atoms with Gasteiger partial charge < -0.3 is 15.9 Å². The number of aromatic hydroxyl groups is 1. The lowest BCUT2D eigenvalue weighted by Crippen LogP contribution is -2.17. The standard InChI is InChI=1S/C13H21NO2/c1-4-9-5-6-10(8(2)3)12(13(9)16)11(14)7-15/h5-6,8,11,15-16H,4,7,14H2,1-3H3. The maximum atomic E-state index is 10.1. The first-order valence-corrected chi connectivity index (χ1v) is 5.73. The second-order valence-electron chi connectivity index (χ2n) is 4.37. The van der Waals surface area contributed by atoms with Crippen molar-refractivity contribution in [1.29, 1.82) is 0 Å². The van der Waals surface area contributed by atoms with Crippen LogP contribution in [-0.2, 0) is 6.42 Å². The van der Waals surface area contributed by atoms with Crippen molar-refractivity contribution in [3.8, 4) is 5.75 Å². The van der Waals surface area contributed by atoms with Crippen molar-refractivity contribution in [2.45, 2.75) is 39.2 Å². The quantitative estimate of drug-likeness (QED) is 0.732. The topological polar surface area (TPSA) is 66.5 Å². The second kappa shape index (κ2) is 5.32. The van der Waals surface area contributed by atoms with E-state index in [-0.39, 0.29) is 18.3 Å². The van der Waals surface area contributed by atoms with Gasteiger partial charge in [-0.05, 0) is 23.5 Å². The number of aliphatic hydroxyl groups is 1. The number of aliphatic hydroxyl groups excluding tert-OH is 1. The molecule has 1 rings (SSSR count). The lowest BCUT2D eigenvalue weighted by molar-refractivity contribution is 0.264. The van der Waals surface area contributed by atoms with Gasteiger partial charge in [-0.25, -0.2) is 0 Å². The average Bonchev–Trinajstić information content (AvgIpc) is 2.27. The molecule has 0 saturated heterocycles. The summed E-state index contributed by atoms with van der Waals surface area (Å²) in [6.07, 6.45) is 0.759. The van der Waals surface area contributed by atoms with Crippen LogP contribution < -0.4 is 5.73 Å². The molecule has 0 fully saturated rings. The minimum absolute atomic E-state index is 0.152. The smallest absolute Gasteiger partial charge is 0.123 e. The molecule has 1 atom stereocenters. The largest absolute Gasteiger partial charge is 0.507 e. The van der Waals surface area contributed by atoms with Gasteiger partial charge in [-0.3, -0.25) is 0 Å². The SMILES string of the molecule is CCc1ccc(C(C)C)c(C(N)CO)c1O. The van der Waals surface area contributed by atoms with Gasteiger partial charge in [0.05, 0.1) is 12.6 Å². The minimum Gasteiger partial charge on any atom is -0.507 e. The van der Waals surface area contributed by atoms with E-state index in [1.807, 2.05) is 32.9 Å². The van der Waals surface area contributed by atoms with Crippen LogP contribution in [-0.4, -0.2) is 16.8 Å². The zero-order chi connectivity index (χ0) is 12.3. The molecule has 90 valence electrons. The molecule has 0 saturated carbocycles. The number of rotatable bonds is 4. The summed E-state index contributed by atoms with van der Waals surface area (Å²) >= 11 is 0. The summed E-state index contributed by atoms with van der Waals surface area (Å²) in [4.78, 5) is 0. The maximum absolute atomic E-state index is 10.1. The van der Waals surface area contributed by atoms with Gasteiger partial charge in [-0.2, -0.15) is 0 Å². The highest BCUT2D eigenvalue weighted by Crippen LogP contribution is 2.34. The summed E-state index contributed by atoms with van der Waals surface area (Å²) in [7, 11) is 0. The summed E-state index contributed by atoms with van der Waals surface area (Å²) in [6, 6.07) is 3.41. The summed E-state index contributed by atoms with van der Waals surface area (Å²) in [5.74, 6) is 0.527.